The molecule has 0 unspecified atom stereocenters. The molecule has 2 aromatic heterocycles. The van der Waals surface area contributed by atoms with Gasteiger partial charge >= 0.3 is 0 Å². The highest BCUT2D eigenvalue weighted by atomic mass is 32.1. The lowest BCUT2D eigenvalue weighted by Gasteiger charge is -2.30. The van der Waals surface area contributed by atoms with Crippen LogP contribution in [0.2, 0.25) is 0 Å². The summed E-state index contributed by atoms with van der Waals surface area (Å²) in [5, 5.41) is 11.7. The van der Waals surface area contributed by atoms with Gasteiger partial charge in [0.05, 0.1) is 16.3 Å². The number of aliphatic hydroxyl groups excluding tert-OH is 1. The highest BCUT2D eigenvalue weighted by molar-refractivity contribution is 7.18. The monoisotopic (exact) mass is 249 g/mol. The quantitative estimate of drug-likeness (QED) is 0.839. The Morgan fingerprint density at radius 3 is 2.88 bits per heavy atom. The first kappa shape index (κ1) is 10.9. The zero-order valence-electron chi connectivity index (χ0n) is 9.76. The maximum atomic E-state index is 9.53. The first-order valence-corrected chi connectivity index (χ1v) is 6.75. The average Bonchev–Trinajstić information content (AvgIpc) is 2.73. The Hall–Kier alpha value is -1.20. The van der Waals surface area contributed by atoms with Crippen LogP contribution in [0.4, 0.5) is 5.82 Å². The molecule has 5 heteroatoms. The van der Waals surface area contributed by atoms with Gasteiger partial charge in [0.25, 0.3) is 0 Å². The smallest absolute Gasteiger partial charge is 0.150 e. The molecule has 17 heavy (non-hydrogen) atoms. The Morgan fingerprint density at radius 1 is 1.35 bits per heavy atom. The number of anilines is 1. The summed E-state index contributed by atoms with van der Waals surface area (Å²) >= 11 is 1.71. The van der Waals surface area contributed by atoms with Gasteiger partial charge in [0.1, 0.15) is 12.1 Å². The van der Waals surface area contributed by atoms with Crippen LogP contribution in [0.5, 0.6) is 0 Å². The zero-order valence-corrected chi connectivity index (χ0v) is 10.6. The van der Waals surface area contributed by atoms with E-state index in [0.717, 1.165) is 37.3 Å². The van der Waals surface area contributed by atoms with E-state index in [4.69, 9.17) is 0 Å². The minimum Gasteiger partial charge on any atom is -0.393 e. The molecular weight excluding hydrogens is 234 g/mol. The van der Waals surface area contributed by atoms with Crippen molar-refractivity contribution >= 4 is 27.4 Å². The van der Waals surface area contributed by atoms with Gasteiger partial charge in [-0.05, 0) is 30.7 Å². The molecule has 0 saturated carbocycles. The van der Waals surface area contributed by atoms with Crippen LogP contribution >= 0.6 is 11.3 Å². The van der Waals surface area contributed by atoms with Crippen molar-refractivity contribution in [1.82, 2.24) is 9.97 Å². The summed E-state index contributed by atoms with van der Waals surface area (Å²) in [6.07, 6.45) is 3.15. The SMILES string of the molecule is Cc1csc2c(N3CCC(O)CC3)ncnc12. The van der Waals surface area contributed by atoms with E-state index in [1.54, 1.807) is 17.7 Å². The molecule has 4 nitrogen and oxygen atoms in total. The molecule has 0 spiro atoms. The van der Waals surface area contributed by atoms with Crippen molar-refractivity contribution in [3.8, 4) is 0 Å². The molecular formula is C12H15N3OS. The molecule has 0 aliphatic carbocycles. The number of aryl methyl sites for hydroxylation is 1. The lowest BCUT2D eigenvalue weighted by atomic mass is 10.1. The highest BCUT2D eigenvalue weighted by Crippen LogP contribution is 2.31. The van der Waals surface area contributed by atoms with E-state index in [1.165, 1.54) is 10.3 Å². The van der Waals surface area contributed by atoms with Gasteiger partial charge in [-0.15, -0.1) is 11.3 Å². The molecule has 3 heterocycles. The molecule has 1 aliphatic rings. The molecule has 0 aromatic carbocycles. The number of hydrogen-bond donors (Lipinski definition) is 1. The largest absolute Gasteiger partial charge is 0.393 e. The van der Waals surface area contributed by atoms with Gasteiger partial charge in [-0.25, -0.2) is 9.97 Å². The molecule has 0 bridgehead atoms. The summed E-state index contributed by atoms with van der Waals surface area (Å²) < 4.78 is 1.17. The van der Waals surface area contributed by atoms with E-state index in [0.29, 0.717) is 0 Å². The van der Waals surface area contributed by atoms with E-state index in [9.17, 15) is 5.11 Å². The second-order valence-electron chi connectivity index (χ2n) is 4.51. The second kappa shape index (κ2) is 4.23. The number of piperidine rings is 1. The lowest BCUT2D eigenvalue weighted by Crippen LogP contribution is -2.36. The summed E-state index contributed by atoms with van der Waals surface area (Å²) in [5.41, 5.74) is 2.27. The van der Waals surface area contributed by atoms with Crippen molar-refractivity contribution in [3.63, 3.8) is 0 Å². The van der Waals surface area contributed by atoms with Crippen LogP contribution in [0.3, 0.4) is 0 Å². The molecule has 3 rings (SSSR count). The minimum absolute atomic E-state index is 0.145. The lowest BCUT2D eigenvalue weighted by molar-refractivity contribution is 0.145. The van der Waals surface area contributed by atoms with Gasteiger partial charge in [-0.1, -0.05) is 0 Å². The van der Waals surface area contributed by atoms with Crippen LogP contribution in [0.25, 0.3) is 10.2 Å². The molecule has 1 saturated heterocycles. The normalized spacial score (nSPS) is 17.9. The highest BCUT2D eigenvalue weighted by Gasteiger charge is 2.20. The van der Waals surface area contributed by atoms with Crippen LogP contribution in [0.15, 0.2) is 11.7 Å². The predicted octanol–water partition coefficient (Wildman–Crippen LogP) is 1.96. The molecule has 0 radical (unpaired) electrons. The second-order valence-corrected chi connectivity index (χ2v) is 5.39. The van der Waals surface area contributed by atoms with Crippen LogP contribution in [0.1, 0.15) is 18.4 Å². The molecule has 1 aliphatic heterocycles. The van der Waals surface area contributed by atoms with Crippen molar-refractivity contribution < 1.29 is 5.11 Å². The Kier molecular flexibility index (Phi) is 2.72. The average molecular weight is 249 g/mol. The fourth-order valence-corrected chi connectivity index (χ4v) is 3.28. The van der Waals surface area contributed by atoms with Crippen LogP contribution in [0, 0.1) is 6.92 Å². The summed E-state index contributed by atoms with van der Waals surface area (Å²) in [4.78, 5) is 11.0. The Balaban J connectivity index is 2.00. The third-order valence-corrected chi connectivity index (χ3v) is 4.36. The standard InChI is InChI=1S/C12H15N3OS/c1-8-6-17-11-10(8)13-7-14-12(11)15-4-2-9(16)3-5-15/h6-7,9,16H,2-5H2,1H3. The molecule has 2 aromatic rings. The summed E-state index contributed by atoms with van der Waals surface area (Å²) in [7, 11) is 0. The van der Waals surface area contributed by atoms with Crippen LogP contribution in [-0.4, -0.2) is 34.3 Å². The van der Waals surface area contributed by atoms with E-state index >= 15 is 0 Å². The topological polar surface area (TPSA) is 49.2 Å². The molecule has 0 atom stereocenters. The fourth-order valence-electron chi connectivity index (χ4n) is 2.26. The van der Waals surface area contributed by atoms with E-state index in [2.05, 4.69) is 27.2 Å². The van der Waals surface area contributed by atoms with Crippen molar-refractivity contribution in [2.45, 2.75) is 25.9 Å². The summed E-state index contributed by atoms with van der Waals surface area (Å²) in [6.45, 7) is 3.84. The first-order valence-electron chi connectivity index (χ1n) is 5.87. The third kappa shape index (κ3) is 1.89. The predicted molar refractivity (Wildman–Crippen MR) is 69.6 cm³/mol. The van der Waals surface area contributed by atoms with Crippen molar-refractivity contribution in [2.75, 3.05) is 18.0 Å². The number of aliphatic hydroxyl groups is 1. The third-order valence-electron chi connectivity index (χ3n) is 3.28. The first-order chi connectivity index (χ1) is 8.25. The number of fused-ring (bicyclic) bond motifs is 1. The number of nitrogens with zero attached hydrogens (tertiary/aromatic N) is 3. The number of rotatable bonds is 1. The van der Waals surface area contributed by atoms with E-state index in [-0.39, 0.29) is 6.10 Å². The maximum absolute atomic E-state index is 9.53. The molecule has 1 N–H and O–H groups in total. The fraction of sp³-hybridized carbons (Fsp3) is 0.500. The van der Waals surface area contributed by atoms with Gasteiger partial charge in [0.2, 0.25) is 0 Å². The van der Waals surface area contributed by atoms with E-state index in [1.807, 2.05) is 0 Å². The summed E-state index contributed by atoms with van der Waals surface area (Å²) in [5.74, 6) is 1.03. The molecule has 1 fully saturated rings. The van der Waals surface area contributed by atoms with Crippen molar-refractivity contribution in [1.29, 1.82) is 0 Å². The van der Waals surface area contributed by atoms with Gasteiger partial charge in [0.15, 0.2) is 0 Å². The number of aromatic nitrogens is 2. The molecule has 90 valence electrons. The molecule has 0 amide bonds. The Morgan fingerprint density at radius 2 is 2.12 bits per heavy atom. The van der Waals surface area contributed by atoms with Gasteiger partial charge in [-0.3, -0.25) is 0 Å². The van der Waals surface area contributed by atoms with Crippen LogP contribution < -0.4 is 4.90 Å². The van der Waals surface area contributed by atoms with Gasteiger partial charge in [0, 0.05) is 13.1 Å². The summed E-state index contributed by atoms with van der Waals surface area (Å²) in [6, 6.07) is 0. The minimum atomic E-state index is -0.145. The van der Waals surface area contributed by atoms with Gasteiger partial charge < -0.3 is 10.0 Å². The van der Waals surface area contributed by atoms with Crippen molar-refractivity contribution in [2.24, 2.45) is 0 Å². The van der Waals surface area contributed by atoms with Gasteiger partial charge in [-0.2, -0.15) is 0 Å². The number of hydrogen-bond acceptors (Lipinski definition) is 5. The van der Waals surface area contributed by atoms with E-state index < -0.39 is 0 Å². The Bertz CT molecular complexity index is 532. The zero-order chi connectivity index (χ0) is 11.8. The number of thiophene rings is 1. The van der Waals surface area contributed by atoms with Crippen molar-refractivity contribution in [3.05, 3.63) is 17.3 Å². The maximum Gasteiger partial charge on any atom is 0.150 e. The Labute approximate surface area is 104 Å². The van der Waals surface area contributed by atoms with Crippen LogP contribution in [-0.2, 0) is 0 Å².